The van der Waals surface area contributed by atoms with Crippen LogP contribution < -0.4 is 4.90 Å². The smallest absolute Gasteiger partial charge is 0.323 e. The van der Waals surface area contributed by atoms with Gasteiger partial charge in [0.05, 0.1) is 11.3 Å². The lowest BCUT2D eigenvalue weighted by molar-refractivity contribution is -0.136. The molecule has 1 aliphatic heterocycles. The molecule has 2 aromatic carbocycles. The highest BCUT2D eigenvalue weighted by Crippen LogP contribution is 2.33. The summed E-state index contributed by atoms with van der Waals surface area (Å²) in [4.78, 5) is 35.7. The summed E-state index contributed by atoms with van der Waals surface area (Å²) < 4.78 is 0. The molecule has 0 radical (unpaired) electrons. The first-order valence-electron chi connectivity index (χ1n) is 6.45. The molecule has 0 saturated carbocycles. The molecule has 0 saturated heterocycles. The maximum atomic E-state index is 12.0. The molecule has 1 aliphatic rings. The maximum absolute atomic E-state index is 12.0. The monoisotopic (exact) mass is 315 g/mol. The molecule has 0 fully saturated rings. The van der Waals surface area contributed by atoms with E-state index < -0.39 is 24.2 Å². The van der Waals surface area contributed by atoms with E-state index in [0.29, 0.717) is 10.7 Å². The lowest BCUT2D eigenvalue weighted by Gasteiger charge is -2.13. The Balaban J connectivity index is 2.04. The molecule has 110 valence electrons. The highest BCUT2D eigenvalue weighted by Gasteiger charge is 2.36. The normalized spacial score (nSPS) is 13.4. The summed E-state index contributed by atoms with van der Waals surface area (Å²) in [5.74, 6) is -2.67. The van der Waals surface area contributed by atoms with Gasteiger partial charge in [0.2, 0.25) is 0 Å². The van der Waals surface area contributed by atoms with Gasteiger partial charge in [-0.3, -0.25) is 19.3 Å². The number of anilines is 1. The van der Waals surface area contributed by atoms with E-state index >= 15 is 0 Å². The second kappa shape index (κ2) is 5.27. The third kappa shape index (κ3) is 2.35. The summed E-state index contributed by atoms with van der Waals surface area (Å²) in [7, 11) is 0. The van der Waals surface area contributed by atoms with Crippen molar-refractivity contribution in [2.45, 2.75) is 0 Å². The Morgan fingerprint density at radius 3 is 2.32 bits per heavy atom. The minimum absolute atomic E-state index is 0.221. The zero-order valence-corrected chi connectivity index (χ0v) is 12.0. The van der Waals surface area contributed by atoms with Crippen molar-refractivity contribution in [2.24, 2.45) is 0 Å². The average Bonchev–Trinajstić information content (AvgIpc) is 2.72. The number of Topliss-reactive ketones (excluding diaryl/α,β-unsaturated/α-hetero) is 1. The fourth-order valence-electron chi connectivity index (χ4n) is 2.41. The number of hydrogen-bond acceptors (Lipinski definition) is 3. The quantitative estimate of drug-likeness (QED) is 0.884. The molecular weight excluding hydrogens is 306 g/mol. The van der Waals surface area contributed by atoms with Crippen LogP contribution in [-0.2, 0) is 9.59 Å². The van der Waals surface area contributed by atoms with Crippen LogP contribution in [0.2, 0.25) is 5.02 Å². The molecule has 1 N–H and O–H groups in total. The van der Waals surface area contributed by atoms with Gasteiger partial charge in [0.25, 0.3) is 11.7 Å². The molecule has 1 amide bonds. The van der Waals surface area contributed by atoms with Crippen LogP contribution in [0.15, 0.2) is 42.5 Å². The van der Waals surface area contributed by atoms with Crippen molar-refractivity contribution >= 4 is 34.9 Å². The van der Waals surface area contributed by atoms with E-state index in [4.69, 9.17) is 16.7 Å². The number of carbonyl (C=O) groups is 3. The Kier molecular flexibility index (Phi) is 3.42. The van der Waals surface area contributed by atoms with Crippen LogP contribution in [0, 0.1) is 0 Å². The Morgan fingerprint density at radius 2 is 1.68 bits per heavy atom. The zero-order valence-electron chi connectivity index (χ0n) is 11.2. The van der Waals surface area contributed by atoms with Crippen molar-refractivity contribution in [2.75, 3.05) is 11.4 Å². The second-order valence-corrected chi connectivity index (χ2v) is 5.29. The summed E-state index contributed by atoms with van der Waals surface area (Å²) in [5.41, 5.74) is 2.16. The SMILES string of the molecule is O=C(O)CN1C(=O)C(=O)c2cc(-c3ccc(Cl)cc3)ccc21. The number of nitrogens with zero attached hydrogens (tertiary/aromatic N) is 1. The largest absolute Gasteiger partial charge is 0.480 e. The Hall–Kier alpha value is -2.66. The summed E-state index contributed by atoms with van der Waals surface area (Å²) in [6.45, 7) is -0.530. The number of fused-ring (bicyclic) bond motifs is 1. The van der Waals surface area contributed by atoms with Gasteiger partial charge < -0.3 is 5.11 Å². The van der Waals surface area contributed by atoms with Gasteiger partial charge in [-0.1, -0.05) is 29.8 Å². The fraction of sp³-hybridized carbons (Fsp3) is 0.0625. The van der Waals surface area contributed by atoms with Crippen LogP contribution in [0.3, 0.4) is 0 Å². The Bertz CT molecular complexity index is 798. The number of hydrogen-bond donors (Lipinski definition) is 1. The molecule has 0 atom stereocenters. The molecule has 0 bridgehead atoms. The summed E-state index contributed by atoms with van der Waals surface area (Å²) in [6, 6.07) is 12.0. The topological polar surface area (TPSA) is 74.7 Å². The predicted octanol–water partition coefficient (Wildman–Crippen LogP) is 2.62. The lowest BCUT2D eigenvalue weighted by Crippen LogP contribution is -2.34. The highest BCUT2D eigenvalue weighted by molar-refractivity contribution is 6.52. The lowest BCUT2D eigenvalue weighted by atomic mass is 10.0. The fourth-order valence-corrected chi connectivity index (χ4v) is 2.54. The number of benzene rings is 2. The average molecular weight is 316 g/mol. The van der Waals surface area contributed by atoms with Crippen LogP contribution in [0.4, 0.5) is 5.69 Å². The summed E-state index contributed by atoms with van der Waals surface area (Å²) in [5, 5.41) is 9.45. The number of carbonyl (C=O) groups excluding carboxylic acids is 2. The van der Waals surface area contributed by atoms with Crippen molar-refractivity contribution < 1.29 is 19.5 Å². The van der Waals surface area contributed by atoms with Gasteiger partial charge in [0.1, 0.15) is 6.54 Å². The molecule has 6 heteroatoms. The van der Waals surface area contributed by atoms with E-state index in [1.54, 1.807) is 42.5 Å². The van der Waals surface area contributed by atoms with E-state index in [-0.39, 0.29) is 5.56 Å². The number of ketones is 1. The van der Waals surface area contributed by atoms with Crippen molar-refractivity contribution in [3.63, 3.8) is 0 Å². The van der Waals surface area contributed by atoms with Crippen LogP contribution >= 0.6 is 11.6 Å². The van der Waals surface area contributed by atoms with Crippen molar-refractivity contribution in [1.29, 1.82) is 0 Å². The first kappa shape index (κ1) is 14.3. The predicted molar refractivity (Wildman–Crippen MR) is 81.2 cm³/mol. The van der Waals surface area contributed by atoms with Gasteiger partial charge in [-0.25, -0.2) is 0 Å². The van der Waals surface area contributed by atoms with Gasteiger partial charge in [-0.2, -0.15) is 0 Å². The number of carboxylic acid groups (broad SMARTS) is 1. The number of aliphatic carboxylic acids is 1. The summed E-state index contributed by atoms with van der Waals surface area (Å²) >= 11 is 5.84. The molecule has 0 unspecified atom stereocenters. The van der Waals surface area contributed by atoms with E-state index in [1.165, 1.54) is 0 Å². The van der Waals surface area contributed by atoms with Gasteiger partial charge in [0, 0.05) is 5.02 Å². The third-order valence-electron chi connectivity index (χ3n) is 3.44. The highest BCUT2D eigenvalue weighted by atomic mass is 35.5. The minimum atomic E-state index is -1.17. The van der Waals surface area contributed by atoms with Crippen LogP contribution in [-0.4, -0.2) is 29.3 Å². The number of carboxylic acids is 1. The third-order valence-corrected chi connectivity index (χ3v) is 3.69. The molecule has 3 rings (SSSR count). The number of amides is 1. The molecule has 2 aromatic rings. The molecular formula is C16H10ClNO4. The van der Waals surface area contributed by atoms with Crippen LogP contribution in [0.5, 0.6) is 0 Å². The van der Waals surface area contributed by atoms with Crippen molar-refractivity contribution in [3.05, 3.63) is 53.1 Å². The van der Waals surface area contributed by atoms with E-state index in [0.717, 1.165) is 16.0 Å². The first-order valence-corrected chi connectivity index (χ1v) is 6.83. The van der Waals surface area contributed by atoms with Gasteiger partial charge in [-0.05, 0) is 35.4 Å². The summed E-state index contributed by atoms with van der Waals surface area (Å²) in [6.07, 6.45) is 0. The van der Waals surface area contributed by atoms with E-state index in [9.17, 15) is 14.4 Å². The van der Waals surface area contributed by atoms with Crippen molar-refractivity contribution in [3.8, 4) is 11.1 Å². The van der Waals surface area contributed by atoms with Crippen molar-refractivity contribution in [1.82, 2.24) is 0 Å². The number of halogens is 1. The van der Waals surface area contributed by atoms with Gasteiger partial charge >= 0.3 is 5.97 Å². The first-order chi connectivity index (χ1) is 10.5. The van der Waals surface area contributed by atoms with Crippen LogP contribution in [0.25, 0.3) is 11.1 Å². The maximum Gasteiger partial charge on any atom is 0.323 e. The Morgan fingerprint density at radius 1 is 1.05 bits per heavy atom. The number of rotatable bonds is 3. The van der Waals surface area contributed by atoms with Gasteiger partial charge in [0.15, 0.2) is 0 Å². The molecule has 0 spiro atoms. The van der Waals surface area contributed by atoms with E-state index in [2.05, 4.69) is 0 Å². The molecule has 0 aromatic heterocycles. The standard InChI is InChI=1S/C16H10ClNO4/c17-11-4-1-9(2-5-11)10-3-6-13-12(7-10)15(21)16(22)18(13)8-14(19)20/h1-7H,8H2,(H,19,20). The molecule has 5 nitrogen and oxygen atoms in total. The molecule has 0 aliphatic carbocycles. The molecule has 22 heavy (non-hydrogen) atoms. The minimum Gasteiger partial charge on any atom is -0.480 e. The molecule has 1 heterocycles. The van der Waals surface area contributed by atoms with Gasteiger partial charge in [-0.15, -0.1) is 0 Å². The van der Waals surface area contributed by atoms with Crippen LogP contribution in [0.1, 0.15) is 10.4 Å². The Labute approximate surface area is 130 Å². The van der Waals surface area contributed by atoms with E-state index in [1.807, 2.05) is 0 Å². The second-order valence-electron chi connectivity index (χ2n) is 4.85. The zero-order chi connectivity index (χ0) is 15.9.